The second kappa shape index (κ2) is 9.44. The monoisotopic (exact) mass is 546 g/mol. The number of rotatable bonds is 3. The molecule has 0 spiro atoms. The molecule has 5 atom stereocenters. The van der Waals surface area contributed by atoms with Gasteiger partial charge in [-0.25, -0.2) is 0 Å². The van der Waals surface area contributed by atoms with Crippen LogP contribution in [0.4, 0.5) is 0 Å². The smallest absolute Gasteiger partial charge is 0.157 e. The van der Waals surface area contributed by atoms with Gasteiger partial charge >= 0.3 is 0 Å². The van der Waals surface area contributed by atoms with Crippen LogP contribution in [0.25, 0.3) is 0 Å². The fraction of sp³-hybridized carbons (Fsp3) is 0.200. The van der Waals surface area contributed by atoms with E-state index in [2.05, 4.69) is 0 Å². The van der Waals surface area contributed by atoms with Crippen LogP contribution in [0.5, 0.6) is 46.0 Å². The number of fused-ring (bicyclic) bond motifs is 2. The Bertz CT molecular complexity index is 1600. The van der Waals surface area contributed by atoms with Crippen LogP contribution in [0.3, 0.4) is 0 Å². The number of aromatic hydroxyl groups is 6. The van der Waals surface area contributed by atoms with Gasteiger partial charge in [0.2, 0.25) is 0 Å². The van der Waals surface area contributed by atoms with Crippen molar-refractivity contribution in [3.63, 3.8) is 0 Å². The molecule has 2 aliphatic rings. The van der Waals surface area contributed by atoms with E-state index in [0.29, 0.717) is 16.7 Å². The molecule has 206 valence electrons. The van der Waals surface area contributed by atoms with Gasteiger partial charge in [0.25, 0.3) is 0 Å². The lowest BCUT2D eigenvalue weighted by Gasteiger charge is -2.40. The zero-order valence-electron chi connectivity index (χ0n) is 20.8. The van der Waals surface area contributed by atoms with E-state index in [1.165, 1.54) is 42.5 Å². The predicted molar refractivity (Wildman–Crippen MR) is 140 cm³/mol. The lowest BCUT2D eigenvalue weighted by Crippen LogP contribution is -2.36. The quantitative estimate of drug-likeness (QED) is 0.177. The van der Waals surface area contributed by atoms with E-state index in [1.54, 1.807) is 18.2 Å². The maximum absolute atomic E-state index is 11.7. The first-order valence-corrected chi connectivity index (χ1v) is 12.5. The van der Waals surface area contributed by atoms with E-state index in [9.17, 15) is 40.9 Å². The molecule has 4 aromatic rings. The van der Waals surface area contributed by atoms with Crippen molar-refractivity contribution < 1.29 is 50.3 Å². The van der Waals surface area contributed by atoms with E-state index in [1.807, 2.05) is 0 Å². The average Bonchev–Trinajstić information content (AvgIpc) is 2.92. The zero-order chi connectivity index (χ0) is 28.3. The minimum Gasteiger partial charge on any atom is -0.508 e. The molecule has 4 aromatic carbocycles. The third-order valence-electron chi connectivity index (χ3n) is 7.48. The van der Waals surface area contributed by atoms with Gasteiger partial charge in [-0.3, -0.25) is 0 Å². The van der Waals surface area contributed by atoms with Gasteiger partial charge in [0.15, 0.2) is 17.6 Å². The molecule has 8 N–H and O–H groups in total. The van der Waals surface area contributed by atoms with Gasteiger partial charge in [-0.2, -0.15) is 0 Å². The molecule has 10 nitrogen and oxygen atoms in total. The minimum atomic E-state index is -1.31. The number of ether oxygens (including phenoxy) is 2. The molecule has 0 fully saturated rings. The summed E-state index contributed by atoms with van der Waals surface area (Å²) >= 11 is 0. The van der Waals surface area contributed by atoms with Gasteiger partial charge in [0.05, 0.1) is 6.10 Å². The average molecular weight is 547 g/mol. The van der Waals surface area contributed by atoms with Crippen molar-refractivity contribution in [3.8, 4) is 46.0 Å². The molecule has 10 heteroatoms. The largest absolute Gasteiger partial charge is 0.508 e. The van der Waals surface area contributed by atoms with Crippen LogP contribution in [-0.4, -0.2) is 53.1 Å². The van der Waals surface area contributed by atoms with E-state index >= 15 is 0 Å². The highest BCUT2D eigenvalue weighted by Gasteiger charge is 2.44. The first kappa shape index (κ1) is 25.5. The molecule has 0 amide bonds. The molecule has 0 bridgehead atoms. The molecule has 2 heterocycles. The van der Waals surface area contributed by atoms with Crippen molar-refractivity contribution >= 4 is 0 Å². The Hall–Kier alpha value is -4.80. The first-order chi connectivity index (χ1) is 19.1. The molecular weight excluding hydrogens is 520 g/mol. The van der Waals surface area contributed by atoms with Crippen molar-refractivity contribution in [1.82, 2.24) is 0 Å². The summed E-state index contributed by atoms with van der Waals surface area (Å²) in [4.78, 5) is 0. The summed E-state index contributed by atoms with van der Waals surface area (Å²) in [5.41, 5.74) is 1.61. The van der Waals surface area contributed by atoms with Crippen LogP contribution < -0.4 is 9.47 Å². The topological polar surface area (TPSA) is 180 Å². The molecule has 2 aliphatic heterocycles. The molecule has 0 unspecified atom stereocenters. The molecule has 0 saturated heterocycles. The van der Waals surface area contributed by atoms with E-state index in [-0.39, 0.29) is 57.8 Å². The zero-order valence-corrected chi connectivity index (χ0v) is 20.8. The van der Waals surface area contributed by atoms with E-state index < -0.39 is 36.1 Å². The summed E-state index contributed by atoms with van der Waals surface area (Å²) < 4.78 is 12.3. The summed E-state index contributed by atoms with van der Waals surface area (Å²) in [7, 11) is 0. The van der Waals surface area contributed by atoms with E-state index in [4.69, 9.17) is 9.47 Å². The van der Waals surface area contributed by atoms with Crippen LogP contribution in [0, 0.1) is 0 Å². The van der Waals surface area contributed by atoms with Crippen LogP contribution in [0.2, 0.25) is 0 Å². The second-order valence-electron chi connectivity index (χ2n) is 10.0. The van der Waals surface area contributed by atoms with Crippen LogP contribution in [0.15, 0.2) is 66.7 Å². The highest BCUT2D eigenvalue weighted by Crippen LogP contribution is 2.55. The van der Waals surface area contributed by atoms with Crippen molar-refractivity contribution in [2.45, 2.75) is 36.8 Å². The van der Waals surface area contributed by atoms with Crippen molar-refractivity contribution in [2.24, 2.45) is 0 Å². The Morgan fingerprint density at radius 2 is 1.30 bits per heavy atom. The molecule has 0 aromatic heterocycles. The lowest BCUT2D eigenvalue weighted by atomic mass is 9.78. The summed E-state index contributed by atoms with van der Waals surface area (Å²) in [5.74, 6) is -2.23. The van der Waals surface area contributed by atoms with Crippen LogP contribution >= 0.6 is 0 Å². The Morgan fingerprint density at radius 1 is 0.600 bits per heavy atom. The second-order valence-corrected chi connectivity index (χ2v) is 10.0. The molecular formula is C30H26O10. The third kappa shape index (κ3) is 4.14. The third-order valence-corrected chi connectivity index (χ3v) is 7.48. The van der Waals surface area contributed by atoms with Crippen LogP contribution in [-0.2, 0) is 6.42 Å². The molecule has 0 aliphatic carbocycles. The predicted octanol–water partition coefficient (Wildman–Crippen LogP) is 3.58. The van der Waals surface area contributed by atoms with Crippen molar-refractivity contribution in [3.05, 3.63) is 94.5 Å². The van der Waals surface area contributed by atoms with Crippen LogP contribution in [0.1, 0.15) is 45.9 Å². The number of phenols is 6. The van der Waals surface area contributed by atoms with Crippen molar-refractivity contribution in [2.75, 3.05) is 0 Å². The number of hydrogen-bond acceptors (Lipinski definition) is 10. The highest BCUT2D eigenvalue weighted by molar-refractivity contribution is 5.63. The Balaban J connectivity index is 1.52. The molecule has 0 saturated carbocycles. The molecule has 40 heavy (non-hydrogen) atoms. The Morgan fingerprint density at radius 3 is 2.02 bits per heavy atom. The summed E-state index contributed by atoms with van der Waals surface area (Å²) in [6.07, 6.45) is -4.59. The van der Waals surface area contributed by atoms with Gasteiger partial charge in [0.1, 0.15) is 46.7 Å². The number of hydrogen-bond donors (Lipinski definition) is 8. The number of aliphatic hydroxyl groups is 2. The first-order valence-electron chi connectivity index (χ1n) is 12.5. The minimum absolute atomic E-state index is 0.0205. The van der Waals surface area contributed by atoms with Gasteiger partial charge in [0, 0.05) is 41.2 Å². The normalized spacial score (nSPS) is 23.4. The lowest BCUT2D eigenvalue weighted by molar-refractivity contribution is 0.00192. The van der Waals surface area contributed by atoms with Gasteiger partial charge in [-0.05, 0) is 41.5 Å². The standard InChI is InChI=1S/C30H26O10/c31-15-4-1-13(2-5-15)29-27(38)25(17-7-6-16(32)10-24(17)39-29)26-22(36)12-20(34)18-11-23(37)28(40-30(18)26)14-3-8-19(33)21(35)9-14/h1-10,12,23,25,27-29,31-38H,11H2/t23-,25-,27-,28-,29-/m1/s1. The molecule has 0 radical (unpaired) electrons. The number of phenolic OH excluding ortho intramolecular Hbond substituents is 6. The number of benzene rings is 4. The number of aliphatic hydroxyl groups excluding tert-OH is 2. The maximum Gasteiger partial charge on any atom is 0.157 e. The summed E-state index contributed by atoms with van der Waals surface area (Å²) in [6.45, 7) is 0. The SMILES string of the molecule is Oc1ccc([C@H]2Oc3cc(O)ccc3[C@H](c3c(O)cc(O)c4c3O[C@H](c3ccc(O)c(O)c3)[C@H](O)C4)[C@H]2O)cc1. The fourth-order valence-corrected chi connectivity index (χ4v) is 5.55. The summed E-state index contributed by atoms with van der Waals surface area (Å²) in [6, 6.07) is 15.5. The fourth-order valence-electron chi connectivity index (χ4n) is 5.55. The van der Waals surface area contributed by atoms with Gasteiger partial charge < -0.3 is 50.3 Å². The maximum atomic E-state index is 11.7. The van der Waals surface area contributed by atoms with E-state index in [0.717, 1.165) is 6.07 Å². The highest BCUT2D eigenvalue weighted by atomic mass is 16.5. The summed E-state index contributed by atoms with van der Waals surface area (Å²) in [5, 5.41) is 84.2. The Kier molecular flexibility index (Phi) is 6.01. The Labute approximate surface area is 227 Å². The molecule has 6 rings (SSSR count). The van der Waals surface area contributed by atoms with Gasteiger partial charge in [-0.15, -0.1) is 0 Å². The van der Waals surface area contributed by atoms with Gasteiger partial charge in [-0.1, -0.05) is 24.3 Å². The van der Waals surface area contributed by atoms with Crippen molar-refractivity contribution in [1.29, 1.82) is 0 Å².